The van der Waals surface area contributed by atoms with E-state index < -0.39 is 10.0 Å². The molecule has 1 fully saturated rings. The Morgan fingerprint density at radius 3 is 2.71 bits per heavy atom. The molecule has 1 aromatic rings. The average molecular weight is 297 g/mol. The fraction of sp³-hybridized carbons (Fsp3) is 0.600. The van der Waals surface area contributed by atoms with E-state index in [0.29, 0.717) is 17.3 Å². The highest BCUT2D eigenvalue weighted by Crippen LogP contribution is 2.27. The average Bonchev–Trinajstić information content (AvgIpc) is 2.85. The first-order valence-electron chi connectivity index (χ1n) is 5.38. The summed E-state index contributed by atoms with van der Waals surface area (Å²) in [5, 5.41) is 0. The van der Waals surface area contributed by atoms with Gasteiger partial charge in [-0.3, -0.25) is 0 Å². The lowest BCUT2D eigenvalue weighted by atomic mass is 10.3. The highest BCUT2D eigenvalue weighted by atomic mass is 35.5. The summed E-state index contributed by atoms with van der Waals surface area (Å²) in [5.74, 6) is 0. The zero-order valence-electron chi connectivity index (χ0n) is 9.63. The first kappa shape index (κ1) is 14.9. The smallest absolute Gasteiger partial charge is 0.252 e. The third-order valence-electron chi connectivity index (χ3n) is 2.77. The molecule has 0 saturated carbocycles. The normalized spacial score (nSPS) is 21.4. The molecule has 98 valence electrons. The van der Waals surface area contributed by atoms with Gasteiger partial charge in [0.2, 0.25) is 0 Å². The predicted octanol–water partition coefficient (Wildman–Crippen LogP) is 1.45. The summed E-state index contributed by atoms with van der Waals surface area (Å²) in [4.78, 5) is 1.10. The molecule has 1 atom stereocenters. The number of nitrogens with two attached hydrogens (primary N) is 1. The second kappa shape index (κ2) is 5.67. The van der Waals surface area contributed by atoms with E-state index in [4.69, 9.17) is 5.73 Å². The van der Waals surface area contributed by atoms with E-state index in [-0.39, 0.29) is 18.4 Å². The summed E-state index contributed by atoms with van der Waals surface area (Å²) in [6.45, 7) is 3.01. The molecule has 0 aromatic carbocycles. The van der Waals surface area contributed by atoms with Gasteiger partial charge in [-0.1, -0.05) is 6.92 Å². The zero-order chi connectivity index (χ0) is 11.8. The Hall–Kier alpha value is -0.140. The van der Waals surface area contributed by atoms with Crippen molar-refractivity contribution in [1.82, 2.24) is 4.31 Å². The van der Waals surface area contributed by atoms with E-state index in [1.165, 1.54) is 15.6 Å². The SMILES string of the molecule is CCc1ccc(S(=O)(=O)N2CC[C@H](N)C2)s1.Cl. The number of nitrogens with zero attached hydrogens (tertiary/aromatic N) is 1. The lowest BCUT2D eigenvalue weighted by molar-refractivity contribution is 0.474. The monoisotopic (exact) mass is 296 g/mol. The predicted molar refractivity (Wildman–Crippen MR) is 72.3 cm³/mol. The number of aryl methyl sites for hydroxylation is 1. The minimum Gasteiger partial charge on any atom is -0.326 e. The van der Waals surface area contributed by atoms with Crippen LogP contribution in [0.4, 0.5) is 0 Å². The minimum absolute atomic E-state index is 0. The summed E-state index contributed by atoms with van der Waals surface area (Å²) < 4.78 is 26.3. The van der Waals surface area contributed by atoms with Crippen LogP contribution in [-0.4, -0.2) is 31.9 Å². The number of thiophene rings is 1. The summed E-state index contributed by atoms with van der Waals surface area (Å²) in [7, 11) is -3.29. The van der Waals surface area contributed by atoms with Gasteiger partial charge >= 0.3 is 0 Å². The van der Waals surface area contributed by atoms with Crippen LogP contribution < -0.4 is 5.73 Å². The van der Waals surface area contributed by atoms with Gasteiger partial charge in [-0.05, 0) is 25.0 Å². The van der Waals surface area contributed by atoms with Gasteiger partial charge in [-0.15, -0.1) is 23.7 Å². The molecule has 1 aromatic heterocycles. The quantitative estimate of drug-likeness (QED) is 0.918. The van der Waals surface area contributed by atoms with Crippen molar-refractivity contribution in [2.45, 2.75) is 30.0 Å². The Morgan fingerprint density at radius 1 is 1.53 bits per heavy atom. The van der Waals surface area contributed by atoms with E-state index in [1.807, 2.05) is 13.0 Å². The molecule has 0 aliphatic carbocycles. The molecule has 0 unspecified atom stereocenters. The van der Waals surface area contributed by atoms with Crippen molar-refractivity contribution in [3.63, 3.8) is 0 Å². The van der Waals surface area contributed by atoms with Crippen molar-refractivity contribution in [1.29, 1.82) is 0 Å². The lowest BCUT2D eigenvalue weighted by Crippen LogP contribution is -2.31. The van der Waals surface area contributed by atoms with Crippen LogP contribution in [0.15, 0.2) is 16.3 Å². The number of hydrogen-bond acceptors (Lipinski definition) is 4. The summed E-state index contributed by atoms with van der Waals surface area (Å²) in [5.41, 5.74) is 5.73. The van der Waals surface area contributed by atoms with Gasteiger partial charge < -0.3 is 5.73 Å². The number of hydrogen-bond donors (Lipinski definition) is 1. The minimum atomic E-state index is -3.29. The molecule has 0 spiro atoms. The first-order valence-corrected chi connectivity index (χ1v) is 7.64. The van der Waals surface area contributed by atoms with Crippen molar-refractivity contribution < 1.29 is 8.42 Å². The molecule has 0 bridgehead atoms. The fourth-order valence-electron chi connectivity index (χ4n) is 1.79. The van der Waals surface area contributed by atoms with Gasteiger partial charge in [0, 0.05) is 24.0 Å². The van der Waals surface area contributed by atoms with Crippen LogP contribution in [0.25, 0.3) is 0 Å². The van der Waals surface area contributed by atoms with Crippen LogP contribution in [-0.2, 0) is 16.4 Å². The molecule has 7 heteroatoms. The Bertz CT molecular complexity index is 472. The molecule has 1 aliphatic rings. The molecule has 1 saturated heterocycles. The van der Waals surface area contributed by atoms with Crippen molar-refractivity contribution in [2.24, 2.45) is 5.73 Å². The van der Waals surface area contributed by atoms with Gasteiger partial charge in [0.05, 0.1) is 0 Å². The van der Waals surface area contributed by atoms with Gasteiger partial charge in [0.25, 0.3) is 10.0 Å². The number of halogens is 1. The van der Waals surface area contributed by atoms with E-state index >= 15 is 0 Å². The van der Waals surface area contributed by atoms with Crippen LogP contribution in [0.2, 0.25) is 0 Å². The molecule has 2 N–H and O–H groups in total. The lowest BCUT2D eigenvalue weighted by Gasteiger charge is -2.14. The van der Waals surface area contributed by atoms with Gasteiger partial charge in [0.1, 0.15) is 4.21 Å². The van der Waals surface area contributed by atoms with Crippen molar-refractivity contribution in [3.05, 3.63) is 17.0 Å². The molecule has 4 nitrogen and oxygen atoms in total. The van der Waals surface area contributed by atoms with E-state index in [2.05, 4.69) is 0 Å². The standard InChI is InChI=1S/C10H16N2O2S2.ClH/c1-2-9-3-4-10(15-9)16(13,14)12-6-5-8(11)7-12;/h3-4,8H,2,5-7,11H2,1H3;1H/t8-;/m0./s1. The zero-order valence-corrected chi connectivity index (χ0v) is 12.1. The van der Waals surface area contributed by atoms with Crippen molar-refractivity contribution >= 4 is 33.8 Å². The number of rotatable bonds is 3. The Morgan fingerprint density at radius 2 is 2.24 bits per heavy atom. The largest absolute Gasteiger partial charge is 0.326 e. The van der Waals surface area contributed by atoms with E-state index in [1.54, 1.807) is 6.07 Å². The third-order valence-corrected chi connectivity index (χ3v) is 6.33. The van der Waals surface area contributed by atoms with Gasteiger partial charge in [-0.2, -0.15) is 4.31 Å². The second-order valence-corrected chi connectivity index (χ2v) is 7.32. The first-order chi connectivity index (χ1) is 7.54. The van der Waals surface area contributed by atoms with Crippen LogP contribution in [0, 0.1) is 0 Å². The molecule has 2 rings (SSSR count). The van der Waals surface area contributed by atoms with E-state index in [0.717, 1.165) is 17.7 Å². The summed E-state index contributed by atoms with van der Waals surface area (Å²) in [6, 6.07) is 3.57. The Labute approximate surface area is 112 Å². The van der Waals surface area contributed by atoms with Crippen molar-refractivity contribution in [3.8, 4) is 0 Å². The molecule has 17 heavy (non-hydrogen) atoms. The second-order valence-electron chi connectivity index (χ2n) is 3.99. The van der Waals surface area contributed by atoms with Crippen LogP contribution in [0.5, 0.6) is 0 Å². The molecule has 1 aliphatic heterocycles. The van der Waals surface area contributed by atoms with E-state index in [9.17, 15) is 8.42 Å². The van der Waals surface area contributed by atoms with Crippen LogP contribution >= 0.6 is 23.7 Å². The molecule has 0 amide bonds. The molecule has 2 heterocycles. The van der Waals surface area contributed by atoms with Crippen molar-refractivity contribution in [2.75, 3.05) is 13.1 Å². The van der Waals surface area contributed by atoms with Gasteiger partial charge in [0.15, 0.2) is 0 Å². The Balaban J connectivity index is 0.00000144. The fourth-order valence-corrected chi connectivity index (χ4v) is 4.75. The maximum absolute atomic E-state index is 12.2. The topological polar surface area (TPSA) is 63.4 Å². The Kier molecular flexibility index (Phi) is 4.97. The van der Waals surface area contributed by atoms with Gasteiger partial charge in [-0.25, -0.2) is 8.42 Å². The molecule has 0 radical (unpaired) electrons. The third kappa shape index (κ3) is 3.00. The maximum atomic E-state index is 12.2. The molecular formula is C10H17ClN2O2S2. The highest BCUT2D eigenvalue weighted by molar-refractivity contribution is 7.91. The summed E-state index contributed by atoms with van der Waals surface area (Å²) in [6.07, 6.45) is 1.63. The maximum Gasteiger partial charge on any atom is 0.252 e. The highest BCUT2D eigenvalue weighted by Gasteiger charge is 2.31. The number of sulfonamides is 1. The molecular weight excluding hydrogens is 280 g/mol. The summed E-state index contributed by atoms with van der Waals surface area (Å²) >= 11 is 1.36. The van der Waals surface area contributed by atoms with Crippen LogP contribution in [0.1, 0.15) is 18.2 Å². The van der Waals surface area contributed by atoms with Crippen LogP contribution in [0.3, 0.4) is 0 Å².